The summed E-state index contributed by atoms with van der Waals surface area (Å²) in [4.78, 5) is 19.7. The average molecular weight is 327 g/mol. The van der Waals surface area contributed by atoms with Crippen LogP contribution in [0.3, 0.4) is 0 Å². The molecule has 0 unspecified atom stereocenters. The lowest BCUT2D eigenvalue weighted by Crippen LogP contribution is -2.15. The second-order valence-corrected chi connectivity index (χ2v) is 4.68. The lowest BCUT2D eigenvalue weighted by atomic mass is 10.1. The summed E-state index contributed by atoms with van der Waals surface area (Å²) in [7, 11) is 0. The highest BCUT2D eigenvalue weighted by Crippen LogP contribution is 2.37. The maximum Gasteiger partial charge on any atom is 0.212 e. The van der Waals surface area contributed by atoms with E-state index >= 15 is 0 Å². The van der Waals surface area contributed by atoms with Crippen molar-refractivity contribution in [1.82, 2.24) is 5.32 Å². The van der Waals surface area contributed by atoms with E-state index < -0.39 is 0 Å². The van der Waals surface area contributed by atoms with Crippen molar-refractivity contribution >= 4 is 6.29 Å². The van der Waals surface area contributed by atoms with Gasteiger partial charge < -0.3 is 29.6 Å². The number of aromatic hydroxyl groups is 1. The Labute approximate surface area is 136 Å². The Bertz CT molecular complexity index is 474. The molecule has 2 rings (SSSR count). The molecule has 0 atom stereocenters. The topological polar surface area (TPSA) is 86.3 Å². The summed E-state index contributed by atoms with van der Waals surface area (Å²) in [6.45, 7) is 8.28. The SMILES string of the molecule is CCOC(C)OCC.O=CCNCc1ccc2c(c1O)OOC2. The van der Waals surface area contributed by atoms with Gasteiger partial charge in [0.25, 0.3) is 0 Å². The molecule has 7 nitrogen and oxygen atoms in total. The minimum atomic E-state index is -0.0370. The molecule has 1 aliphatic rings. The van der Waals surface area contributed by atoms with Gasteiger partial charge in [0, 0.05) is 30.9 Å². The third-order valence-corrected chi connectivity index (χ3v) is 3.00. The fourth-order valence-corrected chi connectivity index (χ4v) is 1.94. The number of hydrogen-bond donors (Lipinski definition) is 2. The van der Waals surface area contributed by atoms with E-state index in [2.05, 4.69) is 5.32 Å². The van der Waals surface area contributed by atoms with E-state index in [0.29, 0.717) is 24.5 Å². The van der Waals surface area contributed by atoms with Gasteiger partial charge in [-0.2, -0.15) is 4.89 Å². The largest absolute Gasteiger partial charge is 0.504 e. The van der Waals surface area contributed by atoms with Crippen LogP contribution in [-0.4, -0.2) is 37.4 Å². The second-order valence-electron chi connectivity index (χ2n) is 4.68. The first-order valence-corrected chi connectivity index (χ1v) is 7.64. The van der Waals surface area contributed by atoms with Crippen LogP contribution in [0.2, 0.25) is 0 Å². The van der Waals surface area contributed by atoms with Crippen LogP contribution in [0.15, 0.2) is 12.1 Å². The van der Waals surface area contributed by atoms with Gasteiger partial charge in [0.2, 0.25) is 5.75 Å². The van der Waals surface area contributed by atoms with E-state index in [1.807, 2.05) is 26.8 Å². The maximum atomic E-state index is 10.1. The van der Waals surface area contributed by atoms with Crippen LogP contribution >= 0.6 is 0 Å². The van der Waals surface area contributed by atoms with Crippen molar-refractivity contribution in [2.45, 2.75) is 40.2 Å². The lowest BCUT2D eigenvalue weighted by molar-refractivity contribution is -0.195. The highest BCUT2D eigenvalue weighted by molar-refractivity contribution is 5.53. The first-order valence-electron chi connectivity index (χ1n) is 7.64. The summed E-state index contributed by atoms with van der Waals surface area (Å²) in [5.74, 6) is 0.448. The normalized spacial score (nSPS) is 12.3. The predicted octanol–water partition coefficient (Wildman–Crippen LogP) is 1.91. The molecule has 1 heterocycles. The van der Waals surface area contributed by atoms with Crippen LogP contribution in [0.25, 0.3) is 0 Å². The number of aldehydes is 1. The van der Waals surface area contributed by atoms with E-state index in [1.54, 1.807) is 6.07 Å². The third-order valence-electron chi connectivity index (χ3n) is 3.00. The third kappa shape index (κ3) is 6.54. The Balaban J connectivity index is 0.000000284. The molecule has 1 aromatic carbocycles. The number of fused-ring (bicyclic) bond motifs is 1. The Kier molecular flexibility index (Phi) is 9.23. The van der Waals surface area contributed by atoms with E-state index in [1.165, 1.54) is 0 Å². The van der Waals surface area contributed by atoms with Crippen LogP contribution in [0, 0.1) is 0 Å². The fourth-order valence-electron chi connectivity index (χ4n) is 1.94. The number of hydrogen-bond acceptors (Lipinski definition) is 7. The Hall–Kier alpha value is -1.67. The molecule has 0 saturated carbocycles. The maximum absolute atomic E-state index is 10.1. The molecule has 1 aliphatic heterocycles. The molecule has 0 aromatic heterocycles. The number of ether oxygens (including phenoxy) is 2. The number of phenolic OH excluding ortho intramolecular Hbond substituents is 1. The van der Waals surface area contributed by atoms with Gasteiger partial charge >= 0.3 is 0 Å². The van der Waals surface area contributed by atoms with E-state index in [0.717, 1.165) is 25.1 Å². The first kappa shape index (κ1) is 19.4. The molecule has 0 radical (unpaired) electrons. The van der Waals surface area contributed by atoms with Crippen LogP contribution in [0.5, 0.6) is 11.5 Å². The second kappa shape index (κ2) is 11.0. The van der Waals surface area contributed by atoms with E-state index in [-0.39, 0.29) is 18.6 Å². The standard InChI is InChI=1S/C10H11NO4.C6H14O2/c12-4-3-11-5-7-1-2-8-6-14-15-10(8)9(7)13;1-4-7-6(3)8-5-2/h1-2,4,11,13H,3,5-6H2;6H,4-5H2,1-3H3. The fraction of sp³-hybridized carbons (Fsp3) is 0.562. The van der Waals surface area contributed by atoms with Crippen LogP contribution in [0.1, 0.15) is 31.9 Å². The molecule has 0 amide bonds. The Morgan fingerprint density at radius 3 is 2.65 bits per heavy atom. The number of carbonyl (C=O) groups is 1. The first-order chi connectivity index (χ1) is 11.1. The highest BCUT2D eigenvalue weighted by atomic mass is 17.2. The zero-order valence-corrected chi connectivity index (χ0v) is 13.8. The molecular weight excluding hydrogens is 302 g/mol. The van der Waals surface area contributed by atoms with Gasteiger partial charge in [-0.1, -0.05) is 12.1 Å². The van der Waals surface area contributed by atoms with Crippen molar-refractivity contribution < 1.29 is 29.1 Å². The molecule has 7 heteroatoms. The average Bonchev–Trinajstić information content (AvgIpc) is 3.00. The van der Waals surface area contributed by atoms with Crippen LogP contribution in [0.4, 0.5) is 0 Å². The summed E-state index contributed by atoms with van der Waals surface area (Å²) in [5, 5.41) is 12.6. The Morgan fingerprint density at radius 2 is 2.04 bits per heavy atom. The van der Waals surface area contributed by atoms with Crippen LogP contribution < -0.4 is 10.2 Å². The highest BCUT2D eigenvalue weighted by Gasteiger charge is 2.20. The van der Waals surface area contributed by atoms with Crippen molar-refractivity contribution in [2.75, 3.05) is 19.8 Å². The van der Waals surface area contributed by atoms with Crippen molar-refractivity contribution in [2.24, 2.45) is 0 Å². The van der Waals surface area contributed by atoms with Crippen molar-refractivity contribution in [3.63, 3.8) is 0 Å². The number of phenols is 1. The molecule has 2 N–H and O–H groups in total. The van der Waals surface area contributed by atoms with E-state index in [9.17, 15) is 9.90 Å². The minimum absolute atomic E-state index is 0.0370. The number of benzene rings is 1. The van der Waals surface area contributed by atoms with Crippen molar-refractivity contribution in [1.29, 1.82) is 0 Å². The van der Waals surface area contributed by atoms with Crippen molar-refractivity contribution in [3.8, 4) is 11.5 Å². The zero-order valence-electron chi connectivity index (χ0n) is 13.8. The summed E-state index contributed by atoms with van der Waals surface area (Å²) >= 11 is 0. The van der Waals surface area contributed by atoms with Gasteiger partial charge in [-0.25, -0.2) is 0 Å². The Morgan fingerprint density at radius 1 is 1.35 bits per heavy atom. The summed E-state index contributed by atoms with van der Waals surface area (Å²) in [6.07, 6.45) is 0.731. The minimum Gasteiger partial charge on any atom is -0.504 e. The predicted molar refractivity (Wildman–Crippen MR) is 84.0 cm³/mol. The van der Waals surface area contributed by atoms with Gasteiger partial charge in [0.15, 0.2) is 12.0 Å². The number of nitrogens with one attached hydrogen (secondary N) is 1. The molecule has 0 bridgehead atoms. The molecule has 0 fully saturated rings. The lowest BCUT2D eigenvalue weighted by Gasteiger charge is -2.09. The monoisotopic (exact) mass is 327 g/mol. The molecule has 1 aromatic rings. The summed E-state index contributed by atoms with van der Waals surface area (Å²) in [6, 6.07) is 3.62. The number of carbonyl (C=O) groups excluding carboxylic acids is 1. The number of rotatable bonds is 8. The van der Waals surface area contributed by atoms with Gasteiger partial charge in [0.1, 0.15) is 12.9 Å². The van der Waals surface area contributed by atoms with Gasteiger partial charge in [0.05, 0.1) is 6.54 Å². The summed E-state index contributed by atoms with van der Waals surface area (Å²) < 4.78 is 10.1. The quantitative estimate of drug-likeness (QED) is 0.326. The van der Waals surface area contributed by atoms with Crippen molar-refractivity contribution in [3.05, 3.63) is 23.3 Å². The zero-order chi connectivity index (χ0) is 17.1. The van der Waals surface area contributed by atoms with Gasteiger partial charge in [-0.3, -0.25) is 0 Å². The molecule has 0 spiro atoms. The molecule has 130 valence electrons. The molecular formula is C16H25NO6. The van der Waals surface area contributed by atoms with Gasteiger partial charge in [-0.05, 0) is 20.8 Å². The van der Waals surface area contributed by atoms with E-state index in [4.69, 9.17) is 19.2 Å². The molecule has 0 aliphatic carbocycles. The van der Waals surface area contributed by atoms with Gasteiger partial charge in [-0.15, -0.1) is 0 Å². The molecule has 23 heavy (non-hydrogen) atoms. The van der Waals surface area contributed by atoms with Crippen LogP contribution in [-0.2, 0) is 32.3 Å². The summed E-state index contributed by atoms with van der Waals surface area (Å²) in [5.41, 5.74) is 1.51. The molecule has 0 saturated heterocycles. The smallest absolute Gasteiger partial charge is 0.212 e.